The van der Waals surface area contributed by atoms with E-state index in [1.807, 2.05) is 25.9 Å². The van der Waals surface area contributed by atoms with Crippen molar-refractivity contribution in [3.8, 4) is 0 Å². The minimum absolute atomic E-state index is 0.214. The Kier molecular flexibility index (Phi) is 3.99. The molecule has 4 rings (SSSR count). The van der Waals surface area contributed by atoms with Crippen molar-refractivity contribution in [2.45, 2.75) is 19.9 Å². The summed E-state index contributed by atoms with van der Waals surface area (Å²) in [6.45, 7) is 2.89. The van der Waals surface area contributed by atoms with Crippen LogP contribution in [-0.4, -0.2) is 56.0 Å². The third-order valence-corrected chi connectivity index (χ3v) is 4.79. The number of hydrogen-bond acceptors (Lipinski definition) is 6. The normalized spacial score (nSPS) is 13.8. The summed E-state index contributed by atoms with van der Waals surface area (Å²) >= 11 is 6.36. The van der Waals surface area contributed by atoms with Crippen LogP contribution < -0.4 is 4.90 Å². The van der Waals surface area contributed by atoms with Crippen molar-refractivity contribution < 1.29 is 4.79 Å². The number of fused-ring (bicyclic) bond motifs is 2. The van der Waals surface area contributed by atoms with E-state index in [0.29, 0.717) is 25.2 Å². The van der Waals surface area contributed by atoms with E-state index in [-0.39, 0.29) is 16.6 Å². The van der Waals surface area contributed by atoms with Gasteiger partial charge in [-0.1, -0.05) is 11.6 Å². The SMILES string of the molecule is Cc1cnc2c(Cl)c(C(=O)N3CCc4c(ncnc4N(C)C)C3)nn2c1. The monoisotopic (exact) mass is 371 g/mol. The summed E-state index contributed by atoms with van der Waals surface area (Å²) in [4.78, 5) is 29.6. The molecule has 0 radical (unpaired) electrons. The van der Waals surface area contributed by atoms with Crippen molar-refractivity contribution in [3.05, 3.63) is 46.3 Å². The molecule has 0 unspecified atom stereocenters. The quantitative estimate of drug-likeness (QED) is 0.682. The molecule has 0 fully saturated rings. The number of hydrogen-bond donors (Lipinski definition) is 0. The molecule has 3 aromatic rings. The fraction of sp³-hybridized carbons (Fsp3) is 0.353. The Bertz CT molecular complexity index is 1010. The van der Waals surface area contributed by atoms with E-state index in [2.05, 4.69) is 20.1 Å². The van der Waals surface area contributed by atoms with Crippen LogP contribution in [-0.2, 0) is 13.0 Å². The van der Waals surface area contributed by atoms with Gasteiger partial charge in [-0.2, -0.15) is 5.10 Å². The van der Waals surface area contributed by atoms with Gasteiger partial charge in [0, 0.05) is 38.6 Å². The summed E-state index contributed by atoms with van der Waals surface area (Å²) in [5.41, 5.74) is 3.58. The van der Waals surface area contributed by atoms with Crippen LogP contribution in [0.15, 0.2) is 18.7 Å². The van der Waals surface area contributed by atoms with Crippen molar-refractivity contribution in [3.63, 3.8) is 0 Å². The molecule has 0 aliphatic carbocycles. The van der Waals surface area contributed by atoms with E-state index in [1.54, 1.807) is 21.8 Å². The Morgan fingerprint density at radius 3 is 2.85 bits per heavy atom. The number of carbonyl (C=O) groups excluding carboxylic acids is 1. The number of anilines is 1. The van der Waals surface area contributed by atoms with Crippen LogP contribution >= 0.6 is 11.6 Å². The largest absolute Gasteiger partial charge is 0.362 e. The molecule has 1 aliphatic heterocycles. The molecule has 0 saturated heterocycles. The van der Waals surface area contributed by atoms with Gasteiger partial charge in [-0.05, 0) is 18.9 Å². The van der Waals surface area contributed by atoms with Crippen LogP contribution in [0, 0.1) is 6.92 Å². The maximum absolute atomic E-state index is 13.0. The van der Waals surface area contributed by atoms with Gasteiger partial charge in [-0.15, -0.1) is 0 Å². The number of aryl methyl sites for hydroxylation is 1. The molecule has 0 N–H and O–H groups in total. The van der Waals surface area contributed by atoms with E-state index < -0.39 is 0 Å². The van der Waals surface area contributed by atoms with Gasteiger partial charge in [0.05, 0.1) is 12.2 Å². The molecule has 3 aromatic heterocycles. The van der Waals surface area contributed by atoms with Crippen LogP contribution in [0.1, 0.15) is 27.3 Å². The van der Waals surface area contributed by atoms with E-state index in [0.717, 1.165) is 22.6 Å². The van der Waals surface area contributed by atoms with Gasteiger partial charge in [0.15, 0.2) is 11.3 Å². The zero-order valence-corrected chi connectivity index (χ0v) is 15.5. The van der Waals surface area contributed by atoms with Gasteiger partial charge in [-0.25, -0.2) is 19.5 Å². The van der Waals surface area contributed by atoms with E-state index in [9.17, 15) is 4.79 Å². The molecule has 0 bridgehead atoms. The Balaban J connectivity index is 1.66. The van der Waals surface area contributed by atoms with Crippen molar-refractivity contribution >= 4 is 29.0 Å². The second-order valence-electron chi connectivity index (χ2n) is 6.56. The maximum atomic E-state index is 13.0. The van der Waals surface area contributed by atoms with Crippen molar-refractivity contribution in [2.75, 3.05) is 25.5 Å². The van der Waals surface area contributed by atoms with E-state index in [1.165, 1.54) is 6.33 Å². The number of aromatic nitrogens is 5. The second kappa shape index (κ2) is 6.21. The third-order valence-electron chi connectivity index (χ3n) is 4.44. The highest BCUT2D eigenvalue weighted by molar-refractivity contribution is 6.36. The average Bonchev–Trinajstić information content (AvgIpc) is 2.95. The number of carbonyl (C=O) groups is 1. The lowest BCUT2D eigenvalue weighted by Gasteiger charge is -2.29. The smallest absolute Gasteiger partial charge is 0.276 e. The van der Waals surface area contributed by atoms with Gasteiger partial charge in [0.2, 0.25) is 0 Å². The molecule has 0 saturated carbocycles. The highest BCUT2D eigenvalue weighted by Gasteiger charge is 2.29. The van der Waals surface area contributed by atoms with Crippen LogP contribution in [0.25, 0.3) is 5.65 Å². The highest BCUT2D eigenvalue weighted by atomic mass is 35.5. The molecule has 8 nitrogen and oxygen atoms in total. The first-order valence-corrected chi connectivity index (χ1v) is 8.63. The molecule has 26 heavy (non-hydrogen) atoms. The van der Waals surface area contributed by atoms with Gasteiger partial charge in [0.25, 0.3) is 5.91 Å². The molecular weight excluding hydrogens is 354 g/mol. The second-order valence-corrected chi connectivity index (χ2v) is 6.93. The highest BCUT2D eigenvalue weighted by Crippen LogP contribution is 2.27. The number of halogens is 1. The number of nitrogens with zero attached hydrogens (tertiary/aromatic N) is 7. The predicted octanol–water partition coefficient (Wildman–Crippen LogP) is 1.75. The number of amides is 1. The Morgan fingerprint density at radius 1 is 1.27 bits per heavy atom. The average molecular weight is 372 g/mol. The van der Waals surface area contributed by atoms with Crippen LogP contribution in [0.2, 0.25) is 5.02 Å². The molecule has 0 aromatic carbocycles. The van der Waals surface area contributed by atoms with Crippen LogP contribution in [0.5, 0.6) is 0 Å². The predicted molar refractivity (Wildman–Crippen MR) is 97.5 cm³/mol. The fourth-order valence-electron chi connectivity index (χ4n) is 3.18. The first-order valence-electron chi connectivity index (χ1n) is 8.25. The van der Waals surface area contributed by atoms with Gasteiger partial charge in [-0.3, -0.25) is 4.79 Å². The Morgan fingerprint density at radius 2 is 2.08 bits per heavy atom. The van der Waals surface area contributed by atoms with E-state index >= 15 is 0 Å². The lowest BCUT2D eigenvalue weighted by atomic mass is 10.0. The maximum Gasteiger partial charge on any atom is 0.276 e. The van der Waals surface area contributed by atoms with Gasteiger partial charge >= 0.3 is 0 Å². The number of rotatable bonds is 2. The first kappa shape index (κ1) is 16.7. The molecule has 9 heteroatoms. The van der Waals surface area contributed by atoms with Crippen molar-refractivity contribution in [1.29, 1.82) is 0 Å². The minimum Gasteiger partial charge on any atom is -0.362 e. The molecule has 1 amide bonds. The molecule has 0 atom stereocenters. The molecule has 4 heterocycles. The van der Waals surface area contributed by atoms with Crippen LogP contribution in [0.4, 0.5) is 5.82 Å². The standard InChI is InChI=1S/C17H18ClN7O/c1-10-6-19-16-13(18)14(22-25(16)7-10)17(26)24-5-4-11-12(8-24)20-9-21-15(11)23(2)3/h6-7,9H,4-5,8H2,1-3H3. The van der Waals surface area contributed by atoms with Crippen LogP contribution in [0.3, 0.4) is 0 Å². The summed E-state index contributed by atoms with van der Waals surface area (Å²) in [5, 5.41) is 4.62. The molecular formula is C17H18ClN7O. The Labute approximate surface area is 155 Å². The van der Waals surface area contributed by atoms with Gasteiger partial charge < -0.3 is 9.80 Å². The summed E-state index contributed by atoms with van der Waals surface area (Å²) in [6.07, 6.45) is 5.73. The lowest BCUT2D eigenvalue weighted by molar-refractivity contribution is 0.0725. The molecule has 0 spiro atoms. The topological polar surface area (TPSA) is 79.5 Å². The summed E-state index contributed by atoms with van der Waals surface area (Å²) in [7, 11) is 3.90. The van der Waals surface area contributed by atoms with Crippen molar-refractivity contribution in [1.82, 2.24) is 29.5 Å². The van der Waals surface area contributed by atoms with E-state index in [4.69, 9.17) is 11.6 Å². The minimum atomic E-state index is -0.214. The van der Waals surface area contributed by atoms with Gasteiger partial charge in [0.1, 0.15) is 17.2 Å². The lowest BCUT2D eigenvalue weighted by Crippen LogP contribution is -2.37. The summed E-state index contributed by atoms with van der Waals surface area (Å²) < 4.78 is 1.55. The zero-order chi connectivity index (χ0) is 18.4. The molecule has 1 aliphatic rings. The summed E-state index contributed by atoms with van der Waals surface area (Å²) in [6, 6.07) is 0. The summed E-state index contributed by atoms with van der Waals surface area (Å²) in [5.74, 6) is 0.682. The third kappa shape index (κ3) is 2.66. The first-order chi connectivity index (χ1) is 12.5. The van der Waals surface area contributed by atoms with Crippen molar-refractivity contribution in [2.24, 2.45) is 0 Å². The molecule has 134 valence electrons. The Hall–Kier alpha value is -2.74. The zero-order valence-electron chi connectivity index (χ0n) is 14.8. The fourth-order valence-corrected chi connectivity index (χ4v) is 3.44.